The number of quaternary nitrogens is 1. The van der Waals surface area contributed by atoms with E-state index in [4.69, 9.17) is 21.1 Å². The molecule has 0 heterocycles. The lowest BCUT2D eigenvalue weighted by molar-refractivity contribution is -0.885. The molecule has 0 aliphatic rings. The maximum absolute atomic E-state index is 12.5. The van der Waals surface area contributed by atoms with Gasteiger partial charge in [0, 0.05) is 16.8 Å². The summed E-state index contributed by atoms with van der Waals surface area (Å²) in [7, 11) is 4.86. The Kier molecular flexibility index (Phi) is 7.66. The van der Waals surface area contributed by atoms with Gasteiger partial charge >= 0.3 is 0 Å². The smallest absolute Gasteiger partial charge is 0.282 e. The Bertz CT molecular complexity index is 844. The van der Waals surface area contributed by atoms with Gasteiger partial charge in [0.25, 0.3) is 11.8 Å². The van der Waals surface area contributed by atoms with Crippen molar-refractivity contribution in [2.24, 2.45) is 0 Å². The highest BCUT2D eigenvalue weighted by atomic mass is 35.5. The van der Waals surface area contributed by atoms with Gasteiger partial charge in [-0.1, -0.05) is 17.7 Å². The van der Waals surface area contributed by atoms with Crippen LogP contribution in [0.2, 0.25) is 5.02 Å². The van der Waals surface area contributed by atoms with Crippen LogP contribution in [-0.4, -0.2) is 45.7 Å². The number of hydrogen-bond acceptors (Lipinski definition) is 4. The third kappa shape index (κ3) is 5.87. The highest BCUT2D eigenvalue weighted by Gasteiger charge is 2.24. The number of hydrogen-bond donors (Lipinski definition) is 3. The summed E-state index contributed by atoms with van der Waals surface area (Å²) < 4.78 is 10.4. The molecular weight excluding hydrogens is 382 g/mol. The first-order valence-electron chi connectivity index (χ1n) is 8.74. The predicted molar refractivity (Wildman–Crippen MR) is 109 cm³/mol. The van der Waals surface area contributed by atoms with Crippen LogP contribution in [0.15, 0.2) is 42.5 Å². The van der Waals surface area contributed by atoms with E-state index in [1.165, 1.54) is 7.11 Å². The first-order chi connectivity index (χ1) is 13.3. The fourth-order valence-electron chi connectivity index (χ4n) is 2.55. The number of benzene rings is 2. The van der Waals surface area contributed by atoms with Crippen LogP contribution in [0.5, 0.6) is 11.5 Å². The van der Waals surface area contributed by atoms with Crippen molar-refractivity contribution in [3.8, 4) is 11.5 Å². The van der Waals surface area contributed by atoms with E-state index in [1.54, 1.807) is 63.5 Å². The summed E-state index contributed by atoms with van der Waals surface area (Å²) in [5, 5.41) is 6.10. The Hall–Kier alpha value is -2.77. The number of nitrogens with one attached hydrogen (secondary N) is 3. The first kappa shape index (κ1) is 21.5. The van der Waals surface area contributed by atoms with Crippen molar-refractivity contribution >= 4 is 34.8 Å². The van der Waals surface area contributed by atoms with Crippen LogP contribution in [0.4, 0.5) is 11.4 Å². The summed E-state index contributed by atoms with van der Waals surface area (Å²) in [6.45, 7) is 1.86. The standard InChI is InChI=1S/C20H24ClN3O4/c1-13(20(26)22-15-6-5-7-16(11-15)27-3)24(2)12-19(25)23-17-10-14(21)8-9-18(17)28-4/h5-11,13H,12H2,1-4H3,(H,22,26)(H,23,25)/p+1/t13-/m0/s1. The minimum atomic E-state index is -0.446. The quantitative estimate of drug-likeness (QED) is 0.625. The van der Waals surface area contributed by atoms with Gasteiger partial charge < -0.3 is 25.0 Å². The van der Waals surface area contributed by atoms with Crippen molar-refractivity contribution in [3.63, 3.8) is 0 Å². The lowest BCUT2D eigenvalue weighted by atomic mass is 10.2. The number of anilines is 2. The van der Waals surface area contributed by atoms with E-state index in [1.807, 2.05) is 0 Å². The maximum atomic E-state index is 12.5. The second-order valence-electron chi connectivity index (χ2n) is 6.36. The number of carbonyl (C=O) groups excluding carboxylic acids is 2. The van der Waals surface area contributed by atoms with Gasteiger partial charge in [0.1, 0.15) is 11.5 Å². The highest BCUT2D eigenvalue weighted by molar-refractivity contribution is 6.31. The van der Waals surface area contributed by atoms with Crippen molar-refractivity contribution < 1.29 is 24.0 Å². The van der Waals surface area contributed by atoms with Crippen LogP contribution >= 0.6 is 11.6 Å². The molecule has 0 aromatic heterocycles. The molecule has 7 nitrogen and oxygen atoms in total. The zero-order valence-electron chi connectivity index (χ0n) is 16.3. The van der Waals surface area contributed by atoms with Crippen molar-refractivity contribution in [2.45, 2.75) is 13.0 Å². The average Bonchev–Trinajstić information content (AvgIpc) is 2.67. The number of carbonyl (C=O) groups is 2. The highest BCUT2D eigenvalue weighted by Crippen LogP contribution is 2.27. The summed E-state index contributed by atoms with van der Waals surface area (Å²) >= 11 is 5.98. The first-order valence-corrected chi connectivity index (χ1v) is 9.12. The third-order valence-corrected chi connectivity index (χ3v) is 4.58. The van der Waals surface area contributed by atoms with Gasteiger partial charge in [0.2, 0.25) is 0 Å². The van der Waals surface area contributed by atoms with E-state index in [2.05, 4.69) is 10.6 Å². The molecular formula is C20H25ClN3O4+. The van der Waals surface area contributed by atoms with Crippen LogP contribution < -0.4 is 25.0 Å². The number of likely N-dealkylation sites (N-methyl/N-ethyl adjacent to an activating group) is 1. The fraction of sp³-hybridized carbons (Fsp3) is 0.300. The van der Waals surface area contributed by atoms with E-state index in [0.717, 1.165) is 4.90 Å². The molecule has 2 amide bonds. The van der Waals surface area contributed by atoms with Gasteiger partial charge in [-0.3, -0.25) is 9.59 Å². The number of halogens is 1. The normalized spacial score (nSPS) is 12.6. The van der Waals surface area contributed by atoms with Crippen molar-refractivity contribution in [3.05, 3.63) is 47.5 Å². The summed E-state index contributed by atoms with van der Waals surface area (Å²) in [6.07, 6.45) is 0. The Morgan fingerprint density at radius 3 is 2.54 bits per heavy atom. The summed E-state index contributed by atoms with van der Waals surface area (Å²) in [6, 6.07) is 11.6. The minimum Gasteiger partial charge on any atom is -0.497 e. The summed E-state index contributed by atoms with van der Waals surface area (Å²) in [5.41, 5.74) is 1.12. The van der Waals surface area contributed by atoms with Crippen LogP contribution in [-0.2, 0) is 9.59 Å². The minimum absolute atomic E-state index is 0.0996. The van der Waals surface area contributed by atoms with Crippen LogP contribution in [0.1, 0.15) is 6.92 Å². The third-order valence-electron chi connectivity index (χ3n) is 4.34. The zero-order valence-corrected chi connectivity index (χ0v) is 17.1. The fourth-order valence-corrected chi connectivity index (χ4v) is 2.73. The number of rotatable bonds is 8. The molecule has 0 fully saturated rings. The molecule has 28 heavy (non-hydrogen) atoms. The van der Waals surface area contributed by atoms with Gasteiger partial charge in [0.15, 0.2) is 12.6 Å². The molecule has 0 spiro atoms. The van der Waals surface area contributed by atoms with E-state index in [-0.39, 0.29) is 18.4 Å². The molecule has 0 bridgehead atoms. The van der Waals surface area contributed by atoms with Crippen LogP contribution in [0.25, 0.3) is 0 Å². The Balaban J connectivity index is 1.95. The number of ether oxygens (including phenoxy) is 2. The lowest BCUT2D eigenvalue weighted by Crippen LogP contribution is -3.14. The lowest BCUT2D eigenvalue weighted by Gasteiger charge is -2.21. The van der Waals surface area contributed by atoms with Crippen molar-refractivity contribution in [1.29, 1.82) is 0 Å². The van der Waals surface area contributed by atoms with E-state index >= 15 is 0 Å². The van der Waals surface area contributed by atoms with Gasteiger partial charge in [-0.2, -0.15) is 0 Å². The monoisotopic (exact) mass is 406 g/mol. The number of amides is 2. The number of methoxy groups -OCH3 is 2. The zero-order chi connectivity index (χ0) is 20.7. The largest absolute Gasteiger partial charge is 0.497 e. The molecule has 2 aromatic carbocycles. The van der Waals surface area contributed by atoms with E-state index in [0.29, 0.717) is 27.9 Å². The van der Waals surface area contributed by atoms with Crippen molar-refractivity contribution in [2.75, 3.05) is 38.4 Å². The predicted octanol–water partition coefficient (Wildman–Crippen LogP) is 1.84. The van der Waals surface area contributed by atoms with Crippen LogP contribution in [0, 0.1) is 0 Å². The van der Waals surface area contributed by atoms with Gasteiger partial charge in [-0.05, 0) is 37.3 Å². The molecule has 0 aliphatic heterocycles. The Morgan fingerprint density at radius 1 is 1.11 bits per heavy atom. The molecule has 0 aliphatic carbocycles. The van der Waals surface area contributed by atoms with Gasteiger partial charge in [-0.15, -0.1) is 0 Å². The van der Waals surface area contributed by atoms with E-state index < -0.39 is 6.04 Å². The second kappa shape index (κ2) is 9.96. The molecule has 0 saturated carbocycles. The molecule has 2 atom stereocenters. The van der Waals surface area contributed by atoms with Crippen LogP contribution in [0.3, 0.4) is 0 Å². The molecule has 1 unspecified atom stereocenters. The second-order valence-corrected chi connectivity index (χ2v) is 6.80. The average molecular weight is 407 g/mol. The van der Waals surface area contributed by atoms with Gasteiger partial charge in [-0.25, -0.2) is 0 Å². The molecule has 2 rings (SSSR count). The summed E-state index contributed by atoms with van der Waals surface area (Å²) in [4.78, 5) is 25.6. The molecule has 3 N–H and O–H groups in total. The Morgan fingerprint density at radius 2 is 1.86 bits per heavy atom. The maximum Gasteiger partial charge on any atom is 0.282 e. The summed E-state index contributed by atoms with van der Waals surface area (Å²) in [5.74, 6) is 0.721. The molecule has 0 radical (unpaired) electrons. The molecule has 150 valence electrons. The van der Waals surface area contributed by atoms with Crippen molar-refractivity contribution in [1.82, 2.24) is 0 Å². The molecule has 0 saturated heterocycles. The molecule has 2 aromatic rings. The Labute approximate surface area is 169 Å². The van der Waals surface area contributed by atoms with E-state index in [9.17, 15) is 9.59 Å². The topological polar surface area (TPSA) is 81.1 Å². The van der Waals surface area contributed by atoms with Gasteiger partial charge in [0.05, 0.1) is 27.0 Å². The molecule has 8 heteroatoms. The SMILES string of the molecule is COc1cccc(NC(=O)[C@H](C)[NH+](C)CC(=O)Nc2cc(Cl)ccc2OC)c1.